The summed E-state index contributed by atoms with van der Waals surface area (Å²) in [5.74, 6) is 0.0674. The smallest absolute Gasteiger partial charge is 0.227 e. The maximum atomic E-state index is 13.2. The van der Waals surface area contributed by atoms with Crippen LogP contribution in [0.1, 0.15) is 24.2 Å². The second kappa shape index (κ2) is 7.35. The minimum atomic E-state index is -0.499. The normalized spacial score (nSPS) is 15.3. The minimum absolute atomic E-state index is 0.000384. The monoisotopic (exact) mass is 362 g/mol. The van der Waals surface area contributed by atoms with Gasteiger partial charge in [0, 0.05) is 36.1 Å². The van der Waals surface area contributed by atoms with Crippen molar-refractivity contribution in [1.29, 1.82) is 0 Å². The van der Waals surface area contributed by atoms with Crippen molar-refractivity contribution in [2.45, 2.75) is 26.7 Å². The van der Waals surface area contributed by atoms with Crippen LogP contribution in [0.3, 0.4) is 0 Å². The van der Waals surface area contributed by atoms with Gasteiger partial charge in [-0.1, -0.05) is 11.6 Å². The number of aromatic nitrogens is 2. The Kier molecular flexibility index (Phi) is 5.18. The Morgan fingerprint density at radius 3 is 2.44 bits per heavy atom. The summed E-state index contributed by atoms with van der Waals surface area (Å²) in [5.41, 5.74) is 2.39. The molecule has 1 aliphatic rings. The number of carbonyl (C=O) groups is 1. The number of hydrogen-bond donors (Lipinski definition) is 1. The minimum Gasteiger partial charge on any atom is -0.341 e. The third-order valence-corrected chi connectivity index (χ3v) is 4.60. The third-order valence-electron chi connectivity index (χ3n) is 4.31. The highest BCUT2D eigenvalue weighted by Gasteiger charge is 2.26. The predicted octanol–water partition coefficient (Wildman–Crippen LogP) is 3.74. The Hall–Kier alpha value is -2.21. The third kappa shape index (κ3) is 4.25. The summed E-state index contributed by atoms with van der Waals surface area (Å²) < 4.78 is 13.2. The highest BCUT2D eigenvalue weighted by atomic mass is 35.5. The number of anilines is 2. The molecule has 1 aliphatic heterocycles. The summed E-state index contributed by atoms with van der Waals surface area (Å²) in [7, 11) is 0. The fourth-order valence-electron chi connectivity index (χ4n) is 3.01. The van der Waals surface area contributed by atoms with Gasteiger partial charge in [0.2, 0.25) is 11.9 Å². The van der Waals surface area contributed by atoms with E-state index in [0.717, 1.165) is 43.3 Å². The van der Waals surface area contributed by atoms with Crippen molar-refractivity contribution >= 4 is 29.1 Å². The molecule has 0 radical (unpaired) electrons. The van der Waals surface area contributed by atoms with Crippen molar-refractivity contribution in [2.24, 2.45) is 5.92 Å². The molecule has 1 fully saturated rings. The van der Waals surface area contributed by atoms with Gasteiger partial charge in [-0.3, -0.25) is 4.79 Å². The summed E-state index contributed by atoms with van der Waals surface area (Å²) in [5, 5.41) is 2.81. The first-order valence-corrected chi connectivity index (χ1v) is 8.63. The van der Waals surface area contributed by atoms with Crippen molar-refractivity contribution in [2.75, 3.05) is 23.3 Å². The van der Waals surface area contributed by atoms with E-state index in [1.54, 1.807) is 0 Å². The van der Waals surface area contributed by atoms with Crippen LogP contribution in [0.15, 0.2) is 24.3 Å². The number of nitrogens with one attached hydrogen (secondary N) is 1. The molecule has 2 aromatic rings. The molecule has 0 bridgehead atoms. The zero-order valence-corrected chi connectivity index (χ0v) is 15.0. The van der Waals surface area contributed by atoms with Crippen LogP contribution in [-0.2, 0) is 4.79 Å². The number of amides is 1. The van der Waals surface area contributed by atoms with Gasteiger partial charge in [0.15, 0.2) is 0 Å². The van der Waals surface area contributed by atoms with Gasteiger partial charge in [-0.2, -0.15) is 0 Å². The standard InChI is InChI=1S/C18H20ClFN4O/c1-11-9-12(2)22-18(21-11)24-7-5-13(6-8-24)17(25)23-14-3-4-16(20)15(19)10-14/h3-4,9-10,13H,5-8H2,1-2H3,(H,23,25). The molecule has 132 valence electrons. The van der Waals surface area contributed by atoms with Gasteiger partial charge in [0.1, 0.15) is 5.82 Å². The van der Waals surface area contributed by atoms with Gasteiger partial charge in [0.25, 0.3) is 0 Å². The molecule has 2 heterocycles. The number of piperidine rings is 1. The molecular weight excluding hydrogens is 343 g/mol. The molecule has 0 atom stereocenters. The number of aryl methyl sites for hydroxylation is 2. The van der Waals surface area contributed by atoms with E-state index in [1.165, 1.54) is 18.2 Å². The highest BCUT2D eigenvalue weighted by molar-refractivity contribution is 6.31. The molecule has 25 heavy (non-hydrogen) atoms. The fourth-order valence-corrected chi connectivity index (χ4v) is 3.19. The van der Waals surface area contributed by atoms with Crippen LogP contribution < -0.4 is 10.2 Å². The van der Waals surface area contributed by atoms with Crippen molar-refractivity contribution in [3.05, 3.63) is 46.5 Å². The zero-order chi connectivity index (χ0) is 18.0. The molecule has 0 unspecified atom stereocenters. The second-order valence-electron chi connectivity index (χ2n) is 6.33. The van der Waals surface area contributed by atoms with Gasteiger partial charge < -0.3 is 10.2 Å². The number of rotatable bonds is 3. The van der Waals surface area contributed by atoms with Gasteiger partial charge in [-0.15, -0.1) is 0 Å². The second-order valence-corrected chi connectivity index (χ2v) is 6.74. The van der Waals surface area contributed by atoms with Crippen LogP contribution >= 0.6 is 11.6 Å². The molecule has 7 heteroatoms. The molecule has 1 saturated heterocycles. The first-order valence-electron chi connectivity index (χ1n) is 8.25. The average molecular weight is 363 g/mol. The van der Waals surface area contributed by atoms with E-state index in [1.807, 2.05) is 19.9 Å². The summed E-state index contributed by atoms with van der Waals surface area (Å²) in [6.45, 7) is 5.36. The van der Waals surface area contributed by atoms with E-state index in [-0.39, 0.29) is 16.8 Å². The lowest BCUT2D eigenvalue weighted by Crippen LogP contribution is -2.39. The molecule has 5 nitrogen and oxygen atoms in total. The molecular formula is C18H20ClFN4O. The number of hydrogen-bond acceptors (Lipinski definition) is 4. The lowest BCUT2D eigenvalue weighted by Gasteiger charge is -2.31. The number of benzene rings is 1. The summed E-state index contributed by atoms with van der Waals surface area (Å²) in [6.07, 6.45) is 1.44. The lowest BCUT2D eigenvalue weighted by atomic mass is 9.96. The van der Waals surface area contributed by atoms with E-state index in [4.69, 9.17) is 11.6 Å². The van der Waals surface area contributed by atoms with Crippen LogP contribution in [0, 0.1) is 25.6 Å². The zero-order valence-electron chi connectivity index (χ0n) is 14.2. The van der Waals surface area contributed by atoms with Crippen LogP contribution in [0.4, 0.5) is 16.0 Å². The van der Waals surface area contributed by atoms with E-state index in [2.05, 4.69) is 20.2 Å². The Labute approximate surface area is 151 Å². The molecule has 1 aromatic carbocycles. The van der Waals surface area contributed by atoms with Gasteiger partial charge >= 0.3 is 0 Å². The summed E-state index contributed by atoms with van der Waals surface area (Å²) in [4.78, 5) is 23.5. The van der Waals surface area contributed by atoms with Gasteiger partial charge in [0.05, 0.1) is 5.02 Å². The first-order chi connectivity index (χ1) is 11.9. The molecule has 0 spiro atoms. The number of carbonyl (C=O) groups excluding carboxylic acids is 1. The SMILES string of the molecule is Cc1cc(C)nc(N2CCC(C(=O)Nc3ccc(F)c(Cl)c3)CC2)n1. The molecule has 1 N–H and O–H groups in total. The van der Waals surface area contributed by atoms with Crippen molar-refractivity contribution in [3.8, 4) is 0 Å². The molecule has 0 aliphatic carbocycles. The van der Waals surface area contributed by atoms with Gasteiger partial charge in [-0.05, 0) is 51.0 Å². The van der Waals surface area contributed by atoms with E-state index < -0.39 is 5.82 Å². The molecule has 1 amide bonds. The van der Waals surface area contributed by atoms with Crippen molar-refractivity contribution in [1.82, 2.24) is 9.97 Å². The number of halogens is 2. The lowest BCUT2D eigenvalue weighted by molar-refractivity contribution is -0.120. The Morgan fingerprint density at radius 2 is 1.84 bits per heavy atom. The van der Waals surface area contributed by atoms with E-state index in [9.17, 15) is 9.18 Å². The van der Waals surface area contributed by atoms with Crippen LogP contribution in [0.2, 0.25) is 5.02 Å². The van der Waals surface area contributed by atoms with E-state index >= 15 is 0 Å². The summed E-state index contributed by atoms with van der Waals surface area (Å²) >= 11 is 5.75. The van der Waals surface area contributed by atoms with E-state index in [0.29, 0.717) is 5.69 Å². The van der Waals surface area contributed by atoms with Crippen LogP contribution in [0.25, 0.3) is 0 Å². The van der Waals surface area contributed by atoms with Crippen LogP contribution in [0.5, 0.6) is 0 Å². The average Bonchev–Trinajstić information content (AvgIpc) is 2.57. The Bertz CT molecular complexity index is 770. The first kappa shape index (κ1) is 17.6. The topological polar surface area (TPSA) is 58.1 Å². The molecule has 1 aromatic heterocycles. The van der Waals surface area contributed by atoms with Gasteiger partial charge in [-0.25, -0.2) is 14.4 Å². The van der Waals surface area contributed by atoms with Crippen molar-refractivity contribution < 1.29 is 9.18 Å². The van der Waals surface area contributed by atoms with Crippen molar-refractivity contribution in [3.63, 3.8) is 0 Å². The number of nitrogens with zero attached hydrogens (tertiary/aromatic N) is 3. The highest BCUT2D eigenvalue weighted by Crippen LogP contribution is 2.24. The van der Waals surface area contributed by atoms with Crippen LogP contribution in [-0.4, -0.2) is 29.0 Å². The summed E-state index contributed by atoms with van der Waals surface area (Å²) in [6, 6.07) is 6.13. The largest absolute Gasteiger partial charge is 0.341 e. The Balaban J connectivity index is 1.59. The maximum Gasteiger partial charge on any atom is 0.227 e. The maximum absolute atomic E-state index is 13.2. The fraction of sp³-hybridized carbons (Fsp3) is 0.389. The predicted molar refractivity (Wildman–Crippen MR) is 96.5 cm³/mol. The molecule has 3 rings (SSSR count). The Morgan fingerprint density at radius 1 is 1.20 bits per heavy atom. The quantitative estimate of drug-likeness (QED) is 0.903. The molecule has 0 saturated carbocycles.